The van der Waals surface area contributed by atoms with Gasteiger partial charge in [0.25, 0.3) is 5.91 Å². The molecule has 0 unspecified atom stereocenters. The first kappa shape index (κ1) is 29.8. The molecule has 1 atom stereocenters. The lowest BCUT2D eigenvalue weighted by Crippen LogP contribution is -2.45. The van der Waals surface area contributed by atoms with Gasteiger partial charge in [-0.2, -0.15) is 13.2 Å². The largest absolute Gasteiger partial charge is 0.456 e. The first-order chi connectivity index (χ1) is 21.1. The molecule has 2 amide bonds. The first-order valence-electron chi connectivity index (χ1n) is 14.7. The van der Waals surface area contributed by atoms with Crippen molar-refractivity contribution in [3.8, 4) is 11.3 Å². The number of benzene rings is 2. The Kier molecular flexibility index (Phi) is 8.17. The number of para-hydroxylation sites is 1. The number of pyridine rings is 1. The highest BCUT2D eigenvalue weighted by Gasteiger charge is 2.39. The van der Waals surface area contributed by atoms with Crippen molar-refractivity contribution in [2.24, 2.45) is 0 Å². The Balaban J connectivity index is 0.964. The maximum atomic E-state index is 12.9. The highest BCUT2D eigenvalue weighted by Crippen LogP contribution is 2.39. The summed E-state index contributed by atoms with van der Waals surface area (Å²) in [7, 11) is 0. The summed E-state index contributed by atoms with van der Waals surface area (Å²) in [4.78, 5) is 31.7. The summed E-state index contributed by atoms with van der Waals surface area (Å²) in [5, 5.41) is 17.8. The van der Waals surface area contributed by atoms with E-state index in [4.69, 9.17) is 4.42 Å². The lowest BCUT2D eigenvalue weighted by atomic mass is 9.79. The second-order valence-corrected chi connectivity index (χ2v) is 11.7. The van der Waals surface area contributed by atoms with E-state index in [0.717, 1.165) is 66.3 Å². The molecule has 3 heterocycles. The summed E-state index contributed by atoms with van der Waals surface area (Å²) in [5.41, 5.74) is 0.225. The van der Waals surface area contributed by atoms with Crippen molar-refractivity contribution in [2.45, 2.75) is 56.0 Å². The van der Waals surface area contributed by atoms with Gasteiger partial charge in [-0.1, -0.05) is 24.3 Å². The highest BCUT2D eigenvalue weighted by molar-refractivity contribution is 5.96. The van der Waals surface area contributed by atoms with Crippen LogP contribution in [0.25, 0.3) is 22.3 Å². The number of aliphatic hydroxyl groups is 1. The van der Waals surface area contributed by atoms with Gasteiger partial charge in [0.15, 0.2) is 0 Å². The average molecular weight is 607 g/mol. The van der Waals surface area contributed by atoms with Gasteiger partial charge in [-0.15, -0.1) is 0 Å². The van der Waals surface area contributed by atoms with Crippen LogP contribution in [0, 0.1) is 0 Å². The van der Waals surface area contributed by atoms with Crippen LogP contribution in [-0.2, 0) is 16.6 Å². The van der Waals surface area contributed by atoms with Crippen molar-refractivity contribution in [1.82, 2.24) is 20.5 Å². The van der Waals surface area contributed by atoms with Gasteiger partial charge in [0, 0.05) is 47.9 Å². The minimum Gasteiger partial charge on any atom is -0.456 e. The first-order valence-corrected chi connectivity index (χ1v) is 14.7. The molecule has 6 rings (SSSR count). The number of fused-ring (bicyclic) bond motifs is 1. The molecule has 11 heteroatoms. The Labute approximate surface area is 252 Å². The molecule has 1 saturated heterocycles. The SMILES string of the molecule is O=C(CNC(=O)c1cccc(C(F)(F)F)c1)N[C@@H]1CCN(C2CCC(O)(c3ccc(-c4cc5ccccc5o4)cn3)CC2)C1. The summed E-state index contributed by atoms with van der Waals surface area (Å²) in [6.45, 7) is 1.13. The molecule has 0 radical (unpaired) electrons. The van der Waals surface area contributed by atoms with Crippen LogP contribution in [0.15, 0.2) is 77.3 Å². The number of alkyl halides is 3. The van der Waals surface area contributed by atoms with Crippen molar-refractivity contribution in [3.05, 3.63) is 89.7 Å². The van der Waals surface area contributed by atoms with Gasteiger partial charge >= 0.3 is 6.18 Å². The van der Waals surface area contributed by atoms with Gasteiger partial charge in [-0.05, 0) is 74.6 Å². The minimum absolute atomic E-state index is 0.0961. The topological polar surface area (TPSA) is 108 Å². The van der Waals surface area contributed by atoms with Gasteiger partial charge < -0.3 is 20.2 Å². The molecule has 0 bridgehead atoms. The summed E-state index contributed by atoms with van der Waals surface area (Å²) in [6, 6.07) is 17.9. The normalized spacial score (nSPS) is 22.6. The quantitative estimate of drug-likeness (QED) is 0.265. The summed E-state index contributed by atoms with van der Waals surface area (Å²) in [5.74, 6) is -0.408. The molecule has 3 N–H and O–H groups in total. The maximum absolute atomic E-state index is 12.9. The van der Waals surface area contributed by atoms with E-state index in [9.17, 15) is 27.9 Å². The van der Waals surface area contributed by atoms with Gasteiger partial charge in [0.2, 0.25) is 5.91 Å². The van der Waals surface area contributed by atoms with E-state index >= 15 is 0 Å². The molecule has 230 valence electrons. The van der Waals surface area contributed by atoms with E-state index in [2.05, 4.69) is 20.5 Å². The smallest absolute Gasteiger partial charge is 0.416 e. The molecule has 4 aromatic rings. The number of furan rings is 1. The van der Waals surface area contributed by atoms with Gasteiger partial charge in [-0.3, -0.25) is 19.5 Å². The number of carbonyl (C=O) groups excluding carboxylic acids is 2. The average Bonchev–Trinajstić information content (AvgIpc) is 3.67. The van der Waals surface area contributed by atoms with Crippen molar-refractivity contribution < 1.29 is 32.3 Å². The van der Waals surface area contributed by atoms with E-state index in [-0.39, 0.29) is 24.2 Å². The minimum atomic E-state index is -4.56. The van der Waals surface area contributed by atoms with Crippen LogP contribution in [0.3, 0.4) is 0 Å². The van der Waals surface area contributed by atoms with Crippen LogP contribution in [0.5, 0.6) is 0 Å². The van der Waals surface area contributed by atoms with E-state index in [1.54, 1.807) is 6.20 Å². The zero-order valence-electron chi connectivity index (χ0n) is 23.9. The summed E-state index contributed by atoms with van der Waals surface area (Å²) < 4.78 is 44.7. The number of rotatable bonds is 7. The van der Waals surface area contributed by atoms with Crippen LogP contribution in [0.1, 0.15) is 53.7 Å². The summed E-state index contributed by atoms with van der Waals surface area (Å²) >= 11 is 0. The fourth-order valence-electron chi connectivity index (χ4n) is 6.26. The van der Waals surface area contributed by atoms with Crippen molar-refractivity contribution in [1.29, 1.82) is 0 Å². The predicted octanol–water partition coefficient (Wildman–Crippen LogP) is 5.26. The molecular weight excluding hydrogens is 573 g/mol. The Bertz CT molecular complexity index is 1610. The van der Waals surface area contributed by atoms with Gasteiger partial charge in [-0.25, -0.2) is 0 Å². The zero-order chi connectivity index (χ0) is 30.9. The predicted molar refractivity (Wildman–Crippen MR) is 157 cm³/mol. The molecule has 2 aromatic heterocycles. The second kappa shape index (κ2) is 12.0. The number of nitrogens with one attached hydrogen (secondary N) is 2. The highest BCUT2D eigenvalue weighted by atomic mass is 19.4. The molecule has 0 spiro atoms. The fraction of sp³-hybridized carbons (Fsp3) is 0.364. The van der Waals surface area contributed by atoms with E-state index in [1.165, 1.54) is 6.07 Å². The van der Waals surface area contributed by atoms with Crippen LogP contribution in [0.4, 0.5) is 13.2 Å². The Morgan fingerprint density at radius 3 is 2.55 bits per heavy atom. The molecule has 1 aliphatic heterocycles. The Hall–Kier alpha value is -4.22. The maximum Gasteiger partial charge on any atom is 0.416 e. The third kappa shape index (κ3) is 6.48. The van der Waals surface area contributed by atoms with Crippen LogP contribution in [-0.4, -0.2) is 58.5 Å². The number of hydrogen-bond donors (Lipinski definition) is 3. The van der Waals surface area contributed by atoms with Crippen molar-refractivity contribution >= 4 is 22.8 Å². The lowest BCUT2D eigenvalue weighted by molar-refractivity contribution is -0.137. The molecular formula is C33H33F3N4O4. The number of halogens is 3. The van der Waals surface area contributed by atoms with E-state index in [1.807, 2.05) is 42.5 Å². The number of likely N-dealkylation sites (tertiary alicyclic amines) is 1. The van der Waals surface area contributed by atoms with Crippen LogP contribution in [0.2, 0.25) is 0 Å². The third-order valence-corrected chi connectivity index (χ3v) is 8.70. The lowest BCUT2D eigenvalue weighted by Gasteiger charge is -2.39. The second-order valence-electron chi connectivity index (χ2n) is 11.7. The van der Waals surface area contributed by atoms with E-state index in [0.29, 0.717) is 25.1 Å². The molecule has 1 saturated carbocycles. The molecule has 8 nitrogen and oxygen atoms in total. The molecule has 44 heavy (non-hydrogen) atoms. The Morgan fingerprint density at radius 2 is 1.82 bits per heavy atom. The summed E-state index contributed by atoms with van der Waals surface area (Å²) in [6.07, 6.45) is 0.659. The van der Waals surface area contributed by atoms with Gasteiger partial charge in [0.1, 0.15) is 16.9 Å². The molecule has 2 aliphatic rings. The monoisotopic (exact) mass is 606 g/mol. The Morgan fingerprint density at radius 1 is 1.02 bits per heavy atom. The van der Waals surface area contributed by atoms with Crippen LogP contribution >= 0.6 is 0 Å². The zero-order valence-corrected chi connectivity index (χ0v) is 23.9. The standard InChI is InChI=1S/C33H33F3N4O4/c34-33(35,36)24-6-3-5-22(16-24)31(42)38-19-30(41)39-25-12-15-40(20-25)26-10-13-32(43,14-11-26)29-9-8-23(18-37-29)28-17-21-4-1-2-7-27(21)44-28/h1-9,16-18,25-26,43H,10-15,19-20H2,(H,38,42)(H,39,41)/t25-,26?,32?/m1/s1. The fourth-order valence-corrected chi connectivity index (χ4v) is 6.26. The van der Waals surface area contributed by atoms with Crippen molar-refractivity contribution in [2.75, 3.05) is 19.6 Å². The number of aromatic nitrogens is 1. The number of nitrogens with zero attached hydrogens (tertiary/aromatic N) is 2. The molecule has 1 aliphatic carbocycles. The van der Waals surface area contributed by atoms with Gasteiger partial charge in [0.05, 0.1) is 17.8 Å². The van der Waals surface area contributed by atoms with E-state index < -0.39 is 29.2 Å². The number of amides is 2. The number of carbonyl (C=O) groups is 2. The molecule has 2 aromatic carbocycles. The third-order valence-electron chi connectivity index (χ3n) is 8.70. The van der Waals surface area contributed by atoms with Crippen molar-refractivity contribution in [3.63, 3.8) is 0 Å². The number of hydrogen-bond acceptors (Lipinski definition) is 6. The van der Waals surface area contributed by atoms with Crippen LogP contribution < -0.4 is 10.6 Å². The molecule has 2 fully saturated rings.